The van der Waals surface area contributed by atoms with Crippen molar-refractivity contribution in [1.29, 1.82) is 0 Å². The van der Waals surface area contributed by atoms with Gasteiger partial charge in [-0.3, -0.25) is 0 Å². The fourth-order valence-corrected chi connectivity index (χ4v) is 1.94. The van der Waals surface area contributed by atoms with Gasteiger partial charge in [0.15, 0.2) is 11.5 Å². The average Bonchev–Trinajstić information content (AvgIpc) is 2.39. The summed E-state index contributed by atoms with van der Waals surface area (Å²) in [5.74, 6) is 1.24. The van der Waals surface area contributed by atoms with Crippen molar-refractivity contribution in [2.24, 2.45) is 0 Å². The highest BCUT2D eigenvalue weighted by Crippen LogP contribution is 2.37. The first-order valence-electron chi connectivity index (χ1n) is 5.95. The van der Waals surface area contributed by atoms with Crippen molar-refractivity contribution in [2.45, 2.75) is 19.9 Å². The summed E-state index contributed by atoms with van der Waals surface area (Å²) in [6, 6.07) is 3.82. The molecule has 0 amide bonds. The van der Waals surface area contributed by atoms with Crippen LogP contribution in [-0.2, 0) is 6.54 Å². The fourth-order valence-electron chi connectivity index (χ4n) is 1.64. The number of rotatable bonds is 7. The number of allylic oxidation sites excluding steroid dienone is 1. The molecule has 0 aliphatic heterocycles. The number of benzene rings is 1. The van der Waals surface area contributed by atoms with Crippen molar-refractivity contribution in [3.8, 4) is 11.5 Å². The average molecular weight is 270 g/mol. The summed E-state index contributed by atoms with van der Waals surface area (Å²) < 4.78 is 10.4. The van der Waals surface area contributed by atoms with E-state index in [0.717, 1.165) is 25.1 Å². The molecule has 0 unspecified atom stereocenters. The van der Waals surface area contributed by atoms with Crippen LogP contribution < -0.4 is 14.8 Å². The van der Waals surface area contributed by atoms with Gasteiger partial charge in [0.25, 0.3) is 0 Å². The third-order valence-corrected chi connectivity index (χ3v) is 3.02. The third-order valence-electron chi connectivity index (χ3n) is 2.60. The molecule has 0 aromatic heterocycles. The molecule has 1 aromatic carbocycles. The summed E-state index contributed by atoms with van der Waals surface area (Å²) in [7, 11) is 3.19. The fraction of sp³-hybridized carbons (Fsp3) is 0.429. The maximum absolute atomic E-state index is 6.27. The van der Waals surface area contributed by atoms with Crippen LogP contribution in [0.3, 0.4) is 0 Å². The van der Waals surface area contributed by atoms with Crippen LogP contribution in [0.5, 0.6) is 11.5 Å². The van der Waals surface area contributed by atoms with Crippen LogP contribution in [0.1, 0.15) is 18.9 Å². The predicted octanol–water partition coefficient (Wildman–Crippen LogP) is 3.41. The Morgan fingerprint density at radius 2 is 2.06 bits per heavy atom. The van der Waals surface area contributed by atoms with Gasteiger partial charge in [-0.1, -0.05) is 29.8 Å². The number of ether oxygens (including phenoxy) is 2. The molecule has 0 atom stereocenters. The lowest BCUT2D eigenvalue weighted by molar-refractivity contribution is 0.354. The predicted molar refractivity (Wildman–Crippen MR) is 75.7 cm³/mol. The topological polar surface area (TPSA) is 30.5 Å². The highest BCUT2D eigenvalue weighted by Gasteiger charge is 2.12. The number of hydrogen-bond acceptors (Lipinski definition) is 3. The first-order chi connectivity index (χ1) is 8.74. The molecule has 1 rings (SSSR count). The van der Waals surface area contributed by atoms with E-state index >= 15 is 0 Å². The zero-order chi connectivity index (χ0) is 13.4. The van der Waals surface area contributed by atoms with E-state index in [1.807, 2.05) is 25.1 Å². The van der Waals surface area contributed by atoms with Crippen molar-refractivity contribution < 1.29 is 9.47 Å². The van der Waals surface area contributed by atoms with E-state index < -0.39 is 0 Å². The minimum atomic E-state index is 0.590. The molecule has 0 saturated carbocycles. The van der Waals surface area contributed by atoms with Crippen molar-refractivity contribution in [1.82, 2.24) is 5.32 Å². The van der Waals surface area contributed by atoms with Crippen molar-refractivity contribution in [3.05, 3.63) is 34.9 Å². The summed E-state index contributed by atoms with van der Waals surface area (Å²) in [5.41, 5.74) is 1.01. The van der Waals surface area contributed by atoms with Gasteiger partial charge in [0.05, 0.1) is 19.2 Å². The van der Waals surface area contributed by atoms with E-state index in [1.54, 1.807) is 14.2 Å². The van der Waals surface area contributed by atoms with Gasteiger partial charge in [0.1, 0.15) is 0 Å². The Labute approximate surface area is 114 Å². The molecule has 0 bridgehead atoms. The zero-order valence-corrected chi connectivity index (χ0v) is 11.9. The molecule has 0 saturated heterocycles. The maximum atomic E-state index is 6.27. The normalized spacial score (nSPS) is 10.9. The molecule has 0 fully saturated rings. The summed E-state index contributed by atoms with van der Waals surface area (Å²) in [4.78, 5) is 0. The molecular formula is C14H20ClNO2. The van der Waals surface area contributed by atoms with Gasteiger partial charge in [-0.05, 0) is 31.5 Å². The second-order valence-electron chi connectivity index (χ2n) is 3.81. The Morgan fingerprint density at radius 3 is 2.67 bits per heavy atom. The Bertz CT molecular complexity index is 405. The lowest BCUT2D eigenvalue weighted by atomic mass is 10.2. The molecule has 0 spiro atoms. The van der Waals surface area contributed by atoms with Crippen LogP contribution in [0.4, 0.5) is 0 Å². The minimum Gasteiger partial charge on any atom is -0.493 e. The van der Waals surface area contributed by atoms with E-state index in [-0.39, 0.29) is 0 Å². The lowest BCUT2D eigenvalue weighted by Crippen LogP contribution is -2.14. The molecular weight excluding hydrogens is 250 g/mol. The third kappa shape index (κ3) is 3.93. The Hall–Kier alpha value is -1.19. The Kier molecular flexibility index (Phi) is 6.61. The van der Waals surface area contributed by atoms with E-state index in [1.165, 1.54) is 0 Å². The van der Waals surface area contributed by atoms with E-state index in [9.17, 15) is 0 Å². The second kappa shape index (κ2) is 8.01. The van der Waals surface area contributed by atoms with Crippen LogP contribution in [0.15, 0.2) is 24.3 Å². The smallest absolute Gasteiger partial charge is 0.179 e. The van der Waals surface area contributed by atoms with Gasteiger partial charge in [0, 0.05) is 6.54 Å². The molecule has 0 radical (unpaired) electrons. The molecule has 0 heterocycles. The first kappa shape index (κ1) is 14.9. The summed E-state index contributed by atoms with van der Waals surface area (Å²) in [5, 5.41) is 3.94. The van der Waals surface area contributed by atoms with Crippen molar-refractivity contribution in [3.63, 3.8) is 0 Å². The number of nitrogens with one attached hydrogen (secondary N) is 1. The van der Waals surface area contributed by atoms with Crippen molar-refractivity contribution >= 4 is 11.6 Å². The minimum absolute atomic E-state index is 0.590. The quantitative estimate of drug-likeness (QED) is 0.608. The molecule has 0 aliphatic carbocycles. The van der Waals surface area contributed by atoms with Crippen LogP contribution in [0.25, 0.3) is 0 Å². The van der Waals surface area contributed by atoms with Crippen LogP contribution in [0.2, 0.25) is 5.02 Å². The highest BCUT2D eigenvalue weighted by molar-refractivity contribution is 6.33. The summed E-state index contributed by atoms with van der Waals surface area (Å²) in [6.45, 7) is 3.66. The molecule has 18 heavy (non-hydrogen) atoms. The lowest BCUT2D eigenvalue weighted by Gasteiger charge is -2.13. The number of hydrogen-bond donors (Lipinski definition) is 1. The molecule has 3 nitrogen and oxygen atoms in total. The second-order valence-corrected chi connectivity index (χ2v) is 4.19. The molecule has 4 heteroatoms. The Morgan fingerprint density at radius 1 is 1.28 bits per heavy atom. The van der Waals surface area contributed by atoms with Crippen LogP contribution in [0, 0.1) is 0 Å². The molecule has 0 aliphatic rings. The first-order valence-corrected chi connectivity index (χ1v) is 6.33. The highest BCUT2D eigenvalue weighted by atomic mass is 35.5. The van der Waals surface area contributed by atoms with E-state index in [4.69, 9.17) is 21.1 Å². The van der Waals surface area contributed by atoms with Crippen LogP contribution >= 0.6 is 11.6 Å². The molecule has 100 valence electrons. The summed E-state index contributed by atoms with van der Waals surface area (Å²) >= 11 is 6.27. The van der Waals surface area contributed by atoms with E-state index in [0.29, 0.717) is 16.5 Å². The number of halogens is 1. The van der Waals surface area contributed by atoms with Gasteiger partial charge in [-0.25, -0.2) is 0 Å². The monoisotopic (exact) mass is 269 g/mol. The standard InChI is InChI=1S/C14H20ClNO2/c1-4-5-6-9-16-10-11-7-8-12(17-2)14(18-3)13(11)15/h4-5,7-8,16H,6,9-10H2,1-3H3/b5-4+. The van der Waals surface area contributed by atoms with Gasteiger partial charge in [-0.15, -0.1) is 0 Å². The van der Waals surface area contributed by atoms with Gasteiger partial charge >= 0.3 is 0 Å². The Balaban J connectivity index is 2.66. The number of methoxy groups -OCH3 is 2. The van der Waals surface area contributed by atoms with Gasteiger partial charge in [0.2, 0.25) is 0 Å². The molecule has 1 N–H and O–H groups in total. The zero-order valence-electron chi connectivity index (χ0n) is 11.1. The largest absolute Gasteiger partial charge is 0.493 e. The van der Waals surface area contributed by atoms with E-state index in [2.05, 4.69) is 11.4 Å². The maximum Gasteiger partial charge on any atom is 0.179 e. The van der Waals surface area contributed by atoms with Crippen LogP contribution in [-0.4, -0.2) is 20.8 Å². The van der Waals surface area contributed by atoms with Crippen molar-refractivity contribution in [2.75, 3.05) is 20.8 Å². The van der Waals surface area contributed by atoms with Gasteiger partial charge in [-0.2, -0.15) is 0 Å². The van der Waals surface area contributed by atoms with Gasteiger partial charge < -0.3 is 14.8 Å². The summed E-state index contributed by atoms with van der Waals surface area (Å²) in [6.07, 6.45) is 5.19. The SMILES string of the molecule is C/C=C/CCNCc1ccc(OC)c(OC)c1Cl. The molecule has 1 aromatic rings.